The Morgan fingerprint density at radius 3 is 2.00 bits per heavy atom. The van der Waals surface area contributed by atoms with Crippen molar-refractivity contribution < 1.29 is 5.11 Å². The van der Waals surface area contributed by atoms with Gasteiger partial charge in [0.2, 0.25) is 0 Å². The van der Waals surface area contributed by atoms with Gasteiger partial charge in [0.1, 0.15) is 0 Å². The lowest BCUT2D eigenvalue weighted by Gasteiger charge is -2.35. The lowest BCUT2D eigenvalue weighted by atomic mass is 9.74. The molecule has 1 N–H and O–H groups in total. The summed E-state index contributed by atoms with van der Waals surface area (Å²) in [6, 6.07) is 0. The zero-order chi connectivity index (χ0) is 10.7. The van der Waals surface area contributed by atoms with Gasteiger partial charge in [0.15, 0.2) is 0 Å². The number of aliphatic hydroxyl groups excluding tert-OH is 1. The molecule has 0 spiro atoms. The van der Waals surface area contributed by atoms with Crippen molar-refractivity contribution in [3.05, 3.63) is 0 Å². The molecule has 1 heteroatoms. The molecule has 0 aromatic heterocycles. The molecule has 0 aromatic carbocycles. The third-order valence-electron chi connectivity index (χ3n) is 4.81. The molecule has 2 fully saturated rings. The highest BCUT2D eigenvalue weighted by atomic mass is 16.3. The van der Waals surface area contributed by atoms with E-state index < -0.39 is 0 Å². The summed E-state index contributed by atoms with van der Waals surface area (Å²) in [5.74, 6) is 0.607. The molecular formula is C14H26O. The van der Waals surface area contributed by atoms with E-state index in [1.165, 1.54) is 64.2 Å². The van der Waals surface area contributed by atoms with Crippen molar-refractivity contribution in [3.8, 4) is 0 Å². The first kappa shape index (κ1) is 11.4. The van der Waals surface area contributed by atoms with E-state index in [2.05, 4.69) is 6.92 Å². The first-order valence-electron chi connectivity index (χ1n) is 6.90. The number of rotatable bonds is 2. The van der Waals surface area contributed by atoms with Crippen LogP contribution < -0.4 is 0 Å². The molecule has 0 heterocycles. The second kappa shape index (κ2) is 4.86. The first-order valence-corrected chi connectivity index (χ1v) is 6.90. The summed E-state index contributed by atoms with van der Waals surface area (Å²) >= 11 is 0. The topological polar surface area (TPSA) is 20.2 Å². The van der Waals surface area contributed by atoms with Gasteiger partial charge in [0.05, 0.1) is 6.10 Å². The van der Waals surface area contributed by atoms with Crippen molar-refractivity contribution >= 4 is 0 Å². The van der Waals surface area contributed by atoms with Crippen molar-refractivity contribution in [2.45, 2.75) is 77.2 Å². The van der Waals surface area contributed by atoms with Crippen LogP contribution in [0.5, 0.6) is 0 Å². The molecular weight excluding hydrogens is 184 g/mol. The van der Waals surface area contributed by atoms with E-state index in [0.717, 1.165) is 0 Å². The van der Waals surface area contributed by atoms with Gasteiger partial charge in [0.25, 0.3) is 0 Å². The molecule has 0 radical (unpaired) electrons. The predicted octanol–water partition coefficient (Wildman–Crippen LogP) is 3.90. The lowest BCUT2D eigenvalue weighted by Crippen LogP contribution is -2.36. The molecule has 0 aliphatic heterocycles. The summed E-state index contributed by atoms with van der Waals surface area (Å²) in [5.41, 5.74) is 0.259. The van der Waals surface area contributed by atoms with Crippen molar-refractivity contribution in [1.82, 2.24) is 0 Å². The molecule has 2 saturated carbocycles. The highest BCUT2D eigenvalue weighted by molar-refractivity contribution is 4.90. The fourth-order valence-corrected chi connectivity index (χ4v) is 3.67. The Morgan fingerprint density at radius 1 is 0.933 bits per heavy atom. The normalized spacial score (nSPS) is 30.0. The molecule has 1 atom stereocenters. The van der Waals surface area contributed by atoms with Crippen LogP contribution in [0.1, 0.15) is 71.1 Å². The minimum atomic E-state index is -0.0156. The van der Waals surface area contributed by atoms with Gasteiger partial charge in [0, 0.05) is 0 Å². The summed E-state index contributed by atoms with van der Waals surface area (Å²) in [6.45, 7) is 2.32. The monoisotopic (exact) mass is 210 g/mol. The lowest BCUT2D eigenvalue weighted by molar-refractivity contribution is -0.0108. The number of hydrogen-bond donors (Lipinski definition) is 1. The van der Waals surface area contributed by atoms with Gasteiger partial charge in [-0.05, 0) is 37.0 Å². The second-order valence-electron chi connectivity index (χ2n) is 6.06. The van der Waals surface area contributed by atoms with E-state index in [0.29, 0.717) is 5.92 Å². The quantitative estimate of drug-likeness (QED) is 0.685. The van der Waals surface area contributed by atoms with Gasteiger partial charge in [-0.1, -0.05) is 45.4 Å². The maximum Gasteiger partial charge on any atom is 0.0621 e. The average Bonchev–Trinajstić information content (AvgIpc) is 2.54. The van der Waals surface area contributed by atoms with E-state index in [9.17, 15) is 5.11 Å². The molecule has 15 heavy (non-hydrogen) atoms. The number of aliphatic hydroxyl groups is 1. The average molecular weight is 210 g/mol. The predicted molar refractivity (Wildman–Crippen MR) is 63.8 cm³/mol. The molecule has 0 saturated heterocycles. The van der Waals surface area contributed by atoms with Crippen LogP contribution in [0.25, 0.3) is 0 Å². The summed E-state index contributed by atoms with van der Waals surface area (Å²) in [6.07, 6.45) is 13.2. The van der Waals surface area contributed by atoms with Crippen LogP contribution in [0.2, 0.25) is 0 Å². The second-order valence-corrected chi connectivity index (χ2v) is 6.06. The standard InChI is InChI=1S/C14H26O/c1-14(10-6-7-11-14)13(15)12-8-4-2-3-5-9-12/h12-13,15H,2-11H2,1H3. The zero-order valence-electron chi connectivity index (χ0n) is 10.2. The Labute approximate surface area is 94.3 Å². The number of hydrogen-bond acceptors (Lipinski definition) is 1. The fraction of sp³-hybridized carbons (Fsp3) is 1.00. The molecule has 0 amide bonds. The minimum Gasteiger partial charge on any atom is -0.392 e. The van der Waals surface area contributed by atoms with Crippen molar-refractivity contribution in [1.29, 1.82) is 0 Å². The third kappa shape index (κ3) is 2.55. The third-order valence-corrected chi connectivity index (χ3v) is 4.81. The van der Waals surface area contributed by atoms with Crippen LogP contribution in [-0.4, -0.2) is 11.2 Å². The molecule has 2 aliphatic rings. The van der Waals surface area contributed by atoms with Gasteiger partial charge in [-0.15, -0.1) is 0 Å². The first-order chi connectivity index (χ1) is 7.22. The van der Waals surface area contributed by atoms with Crippen molar-refractivity contribution in [2.24, 2.45) is 11.3 Å². The molecule has 2 rings (SSSR count). The van der Waals surface area contributed by atoms with Crippen LogP contribution in [-0.2, 0) is 0 Å². The van der Waals surface area contributed by atoms with Gasteiger partial charge in [-0.25, -0.2) is 0 Å². The molecule has 88 valence electrons. The Kier molecular flexibility index (Phi) is 3.71. The Morgan fingerprint density at radius 2 is 1.47 bits per heavy atom. The SMILES string of the molecule is CC1(C(O)C2CCCCCC2)CCCC1. The molecule has 1 nitrogen and oxygen atoms in total. The van der Waals surface area contributed by atoms with E-state index in [1.54, 1.807) is 0 Å². The van der Waals surface area contributed by atoms with Crippen LogP contribution in [0.4, 0.5) is 0 Å². The van der Waals surface area contributed by atoms with Crippen LogP contribution in [0.3, 0.4) is 0 Å². The maximum atomic E-state index is 10.6. The Balaban J connectivity index is 1.95. The highest BCUT2D eigenvalue weighted by Crippen LogP contribution is 2.45. The van der Waals surface area contributed by atoms with E-state index in [1.807, 2.05) is 0 Å². The van der Waals surface area contributed by atoms with Gasteiger partial charge in [-0.2, -0.15) is 0 Å². The fourth-order valence-electron chi connectivity index (χ4n) is 3.67. The largest absolute Gasteiger partial charge is 0.392 e. The Hall–Kier alpha value is -0.0400. The van der Waals surface area contributed by atoms with E-state index >= 15 is 0 Å². The van der Waals surface area contributed by atoms with Gasteiger partial charge in [-0.3, -0.25) is 0 Å². The van der Waals surface area contributed by atoms with Gasteiger partial charge < -0.3 is 5.11 Å². The van der Waals surface area contributed by atoms with Crippen LogP contribution in [0, 0.1) is 11.3 Å². The van der Waals surface area contributed by atoms with E-state index in [4.69, 9.17) is 0 Å². The van der Waals surface area contributed by atoms with E-state index in [-0.39, 0.29) is 11.5 Å². The zero-order valence-corrected chi connectivity index (χ0v) is 10.2. The van der Waals surface area contributed by atoms with Gasteiger partial charge >= 0.3 is 0 Å². The van der Waals surface area contributed by atoms with Crippen molar-refractivity contribution in [3.63, 3.8) is 0 Å². The van der Waals surface area contributed by atoms with Crippen LogP contribution in [0.15, 0.2) is 0 Å². The molecule has 2 aliphatic carbocycles. The summed E-state index contributed by atoms with van der Waals surface area (Å²) in [7, 11) is 0. The van der Waals surface area contributed by atoms with Crippen molar-refractivity contribution in [2.75, 3.05) is 0 Å². The summed E-state index contributed by atoms with van der Waals surface area (Å²) < 4.78 is 0. The Bertz CT molecular complexity index is 186. The molecule has 0 aromatic rings. The minimum absolute atomic E-state index is 0.0156. The highest BCUT2D eigenvalue weighted by Gasteiger charge is 2.39. The molecule has 1 unspecified atom stereocenters. The maximum absolute atomic E-state index is 10.6. The molecule has 0 bridgehead atoms. The summed E-state index contributed by atoms with van der Waals surface area (Å²) in [5, 5.41) is 10.6. The summed E-state index contributed by atoms with van der Waals surface area (Å²) in [4.78, 5) is 0. The van der Waals surface area contributed by atoms with Crippen LogP contribution >= 0.6 is 0 Å². The smallest absolute Gasteiger partial charge is 0.0621 e.